The lowest BCUT2D eigenvalue weighted by Gasteiger charge is -2.11. The molecule has 15 heavy (non-hydrogen) atoms. The van der Waals surface area contributed by atoms with Gasteiger partial charge in [0.1, 0.15) is 9.84 Å². The topological polar surface area (TPSA) is 63.2 Å². The molecule has 1 N–H and O–H groups in total. The van der Waals surface area contributed by atoms with Crippen LogP contribution >= 0.6 is 0 Å². The number of hydrogen-bond donors (Lipinski definition) is 1. The van der Waals surface area contributed by atoms with Gasteiger partial charge in [0.15, 0.2) is 0 Å². The van der Waals surface area contributed by atoms with E-state index in [-0.39, 0.29) is 17.5 Å². The molecule has 0 aromatic heterocycles. The van der Waals surface area contributed by atoms with Gasteiger partial charge in [-0.05, 0) is 19.9 Å². The molecule has 0 rings (SSSR count). The molecule has 0 amide bonds. The molecule has 2 atom stereocenters. The van der Waals surface area contributed by atoms with Crippen molar-refractivity contribution in [2.75, 3.05) is 30.1 Å². The minimum Gasteiger partial charge on any atom is -0.313 e. The molecule has 0 aliphatic heterocycles. The molecule has 6 heteroatoms. The summed E-state index contributed by atoms with van der Waals surface area (Å²) in [6.07, 6.45) is 2.29. The van der Waals surface area contributed by atoms with Gasteiger partial charge in [-0.15, -0.1) is 0 Å². The lowest BCUT2D eigenvalue weighted by atomic mass is 10.3. The van der Waals surface area contributed by atoms with E-state index in [0.29, 0.717) is 18.7 Å². The van der Waals surface area contributed by atoms with E-state index in [0.717, 1.165) is 0 Å². The number of sulfone groups is 1. The third-order valence-electron chi connectivity index (χ3n) is 2.05. The first kappa shape index (κ1) is 15.1. The molecule has 92 valence electrons. The Kier molecular flexibility index (Phi) is 7.38. The average Bonchev–Trinajstić information content (AvgIpc) is 2.11. The van der Waals surface area contributed by atoms with Gasteiger partial charge >= 0.3 is 0 Å². The van der Waals surface area contributed by atoms with Crippen LogP contribution in [0.1, 0.15) is 20.3 Å². The highest BCUT2D eigenvalue weighted by molar-refractivity contribution is 7.91. The summed E-state index contributed by atoms with van der Waals surface area (Å²) in [5.74, 6) is 1.06. The Hall–Kier alpha value is 0.0600. The summed E-state index contributed by atoms with van der Waals surface area (Å²) in [7, 11) is -3.64. The normalized spacial score (nSPS) is 16.2. The van der Waals surface area contributed by atoms with Crippen molar-refractivity contribution in [3.63, 3.8) is 0 Å². The maximum absolute atomic E-state index is 11.1. The lowest BCUT2D eigenvalue weighted by Crippen LogP contribution is -2.32. The second kappa shape index (κ2) is 7.35. The van der Waals surface area contributed by atoms with Gasteiger partial charge in [-0.2, -0.15) is 0 Å². The summed E-state index contributed by atoms with van der Waals surface area (Å²) in [5.41, 5.74) is 0. The quantitative estimate of drug-likeness (QED) is 0.628. The lowest BCUT2D eigenvalue weighted by molar-refractivity contribution is 0.569. The predicted molar refractivity (Wildman–Crippen MR) is 65.3 cm³/mol. The SMILES string of the molecule is CCS(=O)(=O)CCCNC(C)CS(C)=O. The molecule has 0 fully saturated rings. The third-order valence-corrected chi connectivity index (χ3v) is 4.81. The zero-order valence-electron chi connectivity index (χ0n) is 9.65. The second-order valence-corrected chi connectivity index (χ2v) is 7.64. The highest BCUT2D eigenvalue weighted by Crippen LogP contribution is 1.93. The van der Waals surface area contributed by atoms with Crippen molar-refractivity contribution in [2.24, 2.45) is 0 Å². The molecule has 4 nitrogen and oxygen atoms in total. The van der Waals surface area contributed by atoms with Crippen molar-refractivity contribution < 1.29 is 12.6 Å². The van der Waals surface area contributed by atoms with E-state index in [1.807, 2.05) is 6.92 Å². The summed E-state index contributed by atoms with van der Waals surface area (Å²) >= 11 is 0. The fraction of sp³-hybridized carbons (Fsp3) is 1.00. The minimum absolute atomic E-state index is 0.181. The Labute approximate surface area is 95.2 Å². The summed E-state index contributed by atoms with van der Waals surface area (Å²) < 4.78 is 33.2. The van der Waals surface area contributed by atoms with Crippen LogP contribution in [0.15, 0.2) is 0 Å². The van der Waals surface area contributed by atoms with Crippen molar-refractivity contribution in [1.82, 2.24) is 5.32 Å². The van der Waals surface area contributed by atoms with Crippen LogP contribution in [0.5, 0.6) is 0 Å². The fourth-order valence-electron chi connectivity index (χ4n) is 1.20. The zero-order chi connectivity index (χ0) is 11.9. The highest BCUT2D eigenvalue weighted by atomic mass is 32.2. The molecule has 0 radical (unpaired) electrons. The first-order valence-corrected chi connectivity index (χ1v) is 8.66. The molecule has 0 bridgehead atoms. The Morgan fingerprint density at radius 1 is 1.40 bits per heavy atom. The van der Waals surface area contributed by atoms with Gasteiger partial charge in [0.25, 0.3) is 0 Å². The maximum Gasteiger partial charge on any atom is 0.150 e. The molecule has 0 aromatic carbocycles. The third kappa shape index (κ3) is 9.02. The van der Waals surface area contributed by atoms with E-state index in [4.69, 9.17) is 0 Å². The largest absolute Gasteiger partial charge is 0.313 e. The Morgan fingerprint density at radius 2 is 2.00 bits per heavy atom. The minimum atomic E-state index is -2.84. The first-order chi connectivity index (χ1) is 6.87. The van der Waals surface area contributed by atoms with Gasteiger partial charge in [0, 0.05) is 34.6 Å². The molecule has 2 unspecified atom stereocenters. The molecular weight excluding hydrogens is 234 g/mol. The fourth-order valence-corrected chi connectivity index (χ4v) is 2.89. The van der Waals surface area contributed by atoms with Gasteiger partial charge in [-0.25, -0.2) is 8.42 Å². The van der Waals surface area contributed by atoms with Crippen molar-refractivity contribution in [3.05, 3.63) is 0 Å². The van der Waals surface area contributed by atoms with Crippen molar-refractivity contribution in [1.29, 1.82) is 0 Å². The van der Waals surface area contributed by atoms with Crippen LogP contribution in [-0.2, 0) is 20.6 Å². The van der Waals surface area contributed by atoms with Gasteiger partial charge < -0.3 is 5.32 Å². The van der Waals surface area contributed by atoms with E-state index in [2.05, 4.69) is 5.32 Å². The van der Waals surface area contributed by atoms with Crippen LogP contribution in [0.25, 0.3) is 0 Å². The van der Waals surface area contributed by atoms with E-state index in [1.54, 1.807) is 13.2 Å². The Balaban J connectivity index is 3.59. The number of rotatable bonds is 8. The molecule has 0 saturated carbocycles. The zero-order valence-corrected chi connectivity index (χ0v) is 11.3. The molecule has 0 aliphatic carbocycles. The summed E-state index contributed by atoms with van der Waals surface area (Å²) in [6, 6.07) is 0.181. The van der Waals surface area contributed by atoms with E-state index >= 15 is 0 Å². The number of nitrogens with one attached hydrogen (secondary N) is 1. The van der Waals surface area contributed by atoms with Gasteiger partial charge in [0.05, 0.1) is 5.75 Å². The molecule has 0 saturated heterocycles. The van der Waals surface area contributed by atoms with Crippen LogP contribution in [0.2, 0.25) is 0 Å². The van der Waals surface area contributed by atoms with Crippen LogP contribution in [0, 0.1) is 0 Å². The average molecular weight is 255 g/mol. The van der Waals surface area contributed by atoms with Crippen LogP contribution < -0.4 is 5.32 Å². The Bertz CT molecular complexity index is 288. The maximum atomic E-state index is 11.1. The van der Waals surface area contributed by atoms with E-state index < -0.39 is 20.6 Å². The first-order valence-electron chi connectivity index (χ1n) is 5.11. The van der Waals surface area contributed by atoms with Crippen molar-refractivity contribution in [3.8, 4) is 0 Å². The summed E-state index contributed by atoms with van der Waals surface area (Å²) in [6.45, 7) is 4.28. The monoisotopic (exact) mass is 255 g/mol. The van der Waals surface area contributed by atoms with Crippen LogP contribution in [0.3, 0.4) is 0 Å². The van der Waals surface area contributed by atoms with E-state index in [9.17, 15) is 12.6 Å². The summed E-state index contributed by atoms with van der Waals surface area (Å²) in [5, 5.41) is 3.15. The van der Waals surface area contributed by atoms with Crippen LogP contribution in [0.4, 0.5) is 0 Å². The molecule has 0 aliphatic rings. The molecule has 0 spiro atoms. The standard InChI is InChI=1S/C9H21NO3S2/c1-4-15(12,13)7-5-6-10-9(2)8-14(3)11/h9-10H,4-8H2,1-3H3. The predicted octanol–water partition coefficient (Wildman–Crippen LogP) is 0.168. The van der Waals surface area contributed by atoms with Crippen molar-refractivity contribution >= 4 is 20.6 Å². The molecule has 0 heterocycles. The van der Waals surface area contributed by atoms with Gasteiger partial charge in [-0.1, -0.05) is 6.92 Å². The molecular formula is C9H21NO3S2. The van der Waals surface area contributed by atoms with Gasteiger partial charge in [-0.3, -0.25) is 4.21 Å². The van der Waals surface area contributed by atoms with Crippen molar-refractivity contribution in [2.45, 2.75) is 26.3 Å². The second-order valence-electron chi connectivity index (χ2n) is 3.68. The smallest absolute Gasteiger partial charge is 0.150 e. The van der Waals surface area contributed by atoms with Gasteiger partial charge in [0.2, 0.25) is 0 Å². The Morgan fingerprint density at radius 3 is 2.47 bits per heavy atom. The number of hydrogen-bond acceptors (Lipinski definition) is 4. The van der Waals surface area contributed by atoms with Crippen LogP contribution in [-0.4, -0.2) is 48.7 Å². The summed E-state index contributed by atoms with van der Waals surface area (Å²) in [4.78, 5) is 0. The molecule has 0 aromatic rings. The highest BCUT2D eigenvalue weighted by Gasteiger charge is 2.07. The van der Waals surface area contributed by atoms with E-state index in [1.165, 1.54) is 0 Å².